The van der Waals surface area contributed by atoms with E-state index >= 15 is 0 Å². The Morgan fingerprint density at radius 3 is 1.85 bits per heavy atom. The molecule has 0 saturated heterocycles. The molecule has 0 radical (unpaired) electrons. The zero-order chi connectivity index (χ0) is 23.3. The number of carbonyl (C=O) groups excluding carboxylic acids is 2. The molecule has 2 aromatic carbocycles. The minimum Gasteiger partial charge on any atom is -0.352 e. The smallest absolute Gasteiger partial charge is 0.244 e. The zero-order valence-electron chi connectivity index (χ0n) is 19.6. The van der Waals surface area contributed by atoms with Crippen LogP contribution in [0, 0.1) is 35.5 Å². The van der Waals surface area contributed by atoms with Crippen molar-refractivity contribution < 1.29 is 9.59 Å². The highest BCUT2D eigenvalue weighted by molar-refractivity contribution is 5.92. The SMILES string of the molecule is O=C(/C=C/c1ccccc1)NCC1CC2C3CC(CNC(=O)/C=C/c4ccccc4)C(C3)C2C1. The summed E-state index contributed by atoms with van der Waals surface area (Å²) in [6.45, 7) is 1.56. The molecule has 6 atom stereocenters. The van der Waals surface area contributed by atoms with Crippen LogP contribution < -0.4 is 10.6 Å². The molecule has 2 bridgehead atoms. The predicted octanol–water partition coefficient (Wildman–Crippen LogP) is 4.94. The van der Waals surface area contributed by atoms with E-state index in [9.17, 15) is 9.59 Å². The molecule has 0 heterocycles. The average molecular weight is 455 g/mol. The van der Waals surface area contributed by atoms with Crippen molar-refractivity contribution >= 4 is 24.0 Å². The number of benzene rings is 2. The van der Waals surface area contributed by atoms with E-state index in [0.29, 0.717) is 11.8 Å². The monoisotopic (exact) mass is 454 g/mol. The molecule has 2 aromatic rings. The first-order valence-corrected chi connectivity index (χ1v) is 12.7. The van der Waals surface area contributed by atoms with Gasteiger partial charge in [-0.05, 0) is 84.5 Å². The highest BCUT2D eigenvalue weighted by atomic mass is 16.2. The van der Waals surface area contributed by atoms with E-state index in [-0.39, 0.29) is 11.8 Å². The van der Waals surface area contributed by atoms with Crippen molar-refractivity contribution in [1.82, 2.24) is 10.6 Å². The Labute approximate surface area is 202 Å². The molecular formula is C30H34N2O2. The van der Waals surface area contributed by atoms with Crippen LogP contribution in [0.1, 0.15) is 36.8 Å². The summed E-state index contributed by atoms with van der Waals surface area (Å²) in [6.07, 6.45) is 12.1. The van der Waals surface area contributed by atoms with Gasteiger partial charge in [-0.3, -0.25) is 9.59 Å². The van der Waals surface area contributed by atoms with E-state index < -0.39 is 0 Å². The van der Waals surface area contributed by atoms with Crippen LogP contribution in [-0.2, 0) is 9.59 Å². The number of amides is 2. The van der Waals surface area contributed by atoms with Crippen LogP contribution in [0.5, 0.6) is 0 Å². The summed E-state index contributed by atoms with van der Waals surface area (Å²) in [7, 11) is 0. The topological polar surface area (TPSA) is 58.2 Å². The average Bonchev–Trinajstić information content (AvgIpc) is 3.57. The van der Waals surface area contributed by atoms with Crippen molar-refractivity contribution in [2.45, 2.75) is 25.7 Å². The second kappa shape index (κ2) is 10.4. The third-order valence-electron chi connectivity index (χ3n) is 8.26. The van der Waals surface area contributed by atoms with Gasteiger partial charge in [-0.15, -0.1) is 0 Å². The fraction of sp³-hybridized carbons (Fsp3) is 0.400. The first-order chi connectivity index (χ1) is 16.7. The van der Waals surface area contributed by atoms with Crippen molar-refractivity contribution in [2.75, 3.05) is 13.1 Å². The molecule has 0 aromatic heterocycles. The Morgan fingerprint density at radius 2 is 1.24 bits per heavy atom. The van der Waals surface area contributed by atoms with Crippen molar-refractivity contribution in [1.29, 1.82) is 0 Å². The van der Waals surface area contributed by atoms with Gasteiger partial charge in [0.15, 0.2) is 0 Å². The molecule has 2 amide bonds. The summed E-state index contributed by atoms with van der Waals surface area (Å²) in [5.41, 5.74) is 2.08. The van der Waals surface area contributed by atoms with Crippen molar-refractivity contribution in [3.63, 3.8) is 0 Å². The van der Waals surface area contributed by atoms with Gasteiger partial charge in [0.05, 0.1) is 0 Å². The molecule has 6 unspecified atom stereocenters. The Bertz CT molecular complexity index is 1050. The molecule has 34 heavy (non-hydrogen) atoms. The van der Waals surface area contributed by atoms with Gasteiger partial charge < -0.3 is 10.6 Å². The zero-order valence-corrected chi connectivity index (χ0v) is 19.6. The van der Waals surface area contributed by atoms with Crippen LogP contribution in [0.25, 0.3) is 12.2 Å². The van der Waals surface area contributed by atoms with Crippen LogP contribution >= 0.6 is 0 Å². The molecule has 3 aliphatic carbocycles. The maximum atomic E-state index is 12.3. The molecule has 4 heteroatoms. The summed E-state index contributed by atoms with van der Waals surface area (Å²) in [6, 6.07) is 19.8. The highest BCUT2D eigenvalue weighted by Crippen LogP contribution is 2.61. The minimum atomic E-state index is -0.00645. The summed E-state index contributed by atoms with van der Waals surface area (Å²) < 4.78 is 0. The van der Waals surface area contributed by atoms with Crippen molar-refractivity contribution in [3.8, 4) is 0 Å². The largest absolute Gasteiger partial charge is 0.352 e. The number of nitrogens with one attached hydrogen (secondary N) is 2. The van der Waals surface area contributed by atoms with Crippen LogP contribution in [0.15, 0.2) is 72.8 Å². The Morgan fingerprint density at radius 1 is 0.676 bits per heavy atom. The second-order valence-electron chi connectivity index (χ2n) is 10.3. The van der Waals surface area contributed by atoms with E-state index in [1.165, 1.54) is 25.7 Å². The molecule has 5 rings (SSSR count). The number of carbonyl (C=O) groups is 2. The van der Waals surface area contributed by atoms with Gasteiger partial charge in [0.25, 0.3) is 0 Å². The van der Waals surface area contributed by atoms with Crippen molar-refractivity contribution in [3.05, 3.63) is 83.9 Å². The predicted molar refractivity (Wildman–Crippen MR) is 136 cm³/mol. The molecule has 3 aliphatic rings. The van der Waals surface area contributed by atoms with E-state index in [4.69, 9.17) is 0 Å². The van der Waals surface area contributed by atoms with E-state index in [1.807, 2.05) is 72.8 Å². The summed E-state index contributed by atoms with van der Waals surface area (Å²) >= 11 is 0. The van der Waals surface area contributed by atoms with E-state index in [0.717, 1.165) is 47.9 Å². The third-order valence-corrected chi connectivity index (χ3v) is 8.26. The van der Waals surface area contributed by atoms with Crippen LogP contribution in [-0.4, -0.2) is 24.9 Å². The molecule has 0 spiro atoms. The van der Waals surface area contributed by atoms with Gasteiger partial charge >= 0.3 is 0 Å². The lowest BCUT2D eigenvalue weighted by Crippen LogP contribution is -2.34. The summed E-state index contributed by atoms with van der Waals surface area (Å²) in [5, 5.41) is 6.27. The van der Waals surface area contributed by atoms with Crippen LogP contribution in [0.3, 0.4) is 0 Å². The van der Waals surface area contributed by atoms with Gasteiger partial charge in [-0.2, -0.15) is 0 Å². The number of hydrogen-bond donors (Lipinski definition) is 2. The third kappa shape index (κ3) is 5.32. The lowest BCUT2D eigenvalue weighted by Gasteiger charge is -2.31. The highest BCUT2D eigenvalue weighted by Gasteiger charge is 2.55. The van der Waals surface area contributed by atoms with Gasteiger partial charge in [0.2, 0.25) is 11.8 Å². The lowest BCUT2D eigenvalue weighted by molar-refractivity contribution is -0.117. The lowest BCUT2D eigenvalue weighted by atomic mass is 9.76. The molecular weight excluding hydrogens is 420 g/mol. The summed E-state index contributed by atoms with van der Waals surface area (Å²) in [4.78, 5) is 24.6. The molecule has 4 nitrogen and oxygen atoms in total. The first-order valence-electron chi connectivity index (χ1n) is 12.7. The molecule has 3 saturated carbocycles. The van der Waals surface area contributed by atoms with Crippen LogP contribution in [0.4, 0.5) is 0 Å². The molecule has 176 valence electrons. The van der Waals surface area contributed by atoms with Gasteiger partial charge in [-0.25, -0.2) is 0 Å². The Hall–Kier alpha value is -3.14. The molecule has 3 fully saturated rings. The number of hydrogen-bond acceptors (Lipinski definition) is 2. The van der Waals surface area contributed by atoms with Gasteiger partial charge in [0, 0.05) is 25.2 Å². The normalized spacial score (nSPS) is 29.5. The quantitative estimate of drug-likeness (QED) is 0.555. The Balaban J connectivity index is 1.06. The fourth-order valence-corrected chi connectivity index (χ4v) is 6.79. The summed E-state index contributed by atoms with van der Waals surface area (Å²) in [5.74, 6) is 4.28. The van der Waals surface area contributed by atoms with E-state index in [2.05, 4.69) is 10.6 Å². The van der Waals surface area contributed by atoms with Gasteiger partial charge in [0.1, 0.15) is 0 Å². The minimum absolute atomic E-state index is 0.00116. The van der Waals surface area contributed by atoms with Crippen LogP contribution in [0.2, 0.25) is 0 Å². The number of rotatable bonds is 8. The fourth-order valence-electron chi connectivity index (χ4n) is 6.79. The molecule has 0 aliphatic heterocycles. The Kier molecular flexibility index (Phi) is 6.94. The van der Waals surface area contributed by atoms with E-state index in [1.54, 1.807) is 12.2 Å². The standard InChI is InChI=1S/C30H34N2O2/c33-29(13-11-21-7-3-1-4-8-21)31-19-23-15-26-24-17-25(27(18-24)28(26)16-23)20-32-30(34)14-12-22-9-5-2-6-10-22/h1-14,23-28H,15-20H2,(H,31,33)(H,32,34)/b13-11+,14-12+. The maximum absolute atomic E-state index is 12.3. The number of fused-ring (bicyclic) bond motifs is 5. The molecule has 2 N–H and O–H groups in total. The van der Waals surface area contributed by atoms with Gasteiger partial charge in [-0.1, -0.05) is 60.7 Å². The second-order valence-corrected chi connectivity index (χ2v) is 10.3. The first kappa shape index (κ1) is 22.6. The maximum Gasteiger partial charge on any atom is 0.244 e. The van der Waals surface area contributed by atoms with Crippen molar-refractivity contribution in [2.24, 2.45) is 35.5 Å².